The van der Waals surface area contributed by atoms with Gasteiger partial charge >= 0.3 is 0 Å². The molecule has 1 spiro atoms. The highest BCUT2D eigenvalue weighted by Gasteiger charge is 2.51. The molecule has 1 atom stereocenters. The fourth-order valence-electron chi connectivity index (χ4n) is 9.55. The molecule has 3 nitrogen and oxygen atoms in total. The summed E-state index contributed by atoms with van der Waals surface area (Å²) >= 11 is 0. The van der Waals surface area contributed by atoms with Crippen molar-refractivity contribution in [2.24, 2.45) is 0 Å². The predicted molar refractivity (Wildman–Crippen MR) is 235 cm³/mol. The second-order valence-corrected chi connectivity index (χ2v) is 15.3. The Kier molecular flexibility index (Phi) is 7.14. The molecule has 0 bridgehead atoms. The second kappa shape index (κ2) is 12.7. The van der Waals surface area contributed by atoms with E-state index in [1.165, 1.54) is 55.6 Å². The summed E-state index contributed by atoms with van der Waals surface area (Å²) in [6, 6.07) is 72.0. The molecule has 2 heterocycles. The van der Waals surface area contributed by atoms with Gasteiger partial charge in [-0.05, 0) is 103 Å². The summed E-state index contributed by atoms with van der Waals surface area (Å²) in [7, 11) is 0. The maximum Gasteiger partial charge on any atom is 0.160 e. The number of hydrogen-bond acceptors (Lipinski definition) is 3. The SMILES string of the molecule is c1ccc(-c2cc(-c3cccc(-c4ccc(-c5ccc6c(c5)C5(c7ccccc7-6)c6ccccc6-c6cc7occc7cc65)cc4)c3)nc(-c3ccccc3)n2)cc1. The van der Waals surface area contributed by atoms with Gasteiger partial charge in [0.1, 0.15) is 5.58 Å². The van der Waals surface area contributed by atoms with Crippen LogP contribution in [-0.4, -0.2) is 9.97 Å². The molecule has 8 aromatic carbocycles. The molecule has 3 heteroatoms. The summed E-state index contributed by atoms with van der Waals surface area (Å²) in [5.74, 6) is 0.713. The standard InChI is InChI=1S/C55H34N2O/c1-3-12-37(13-4-1)51-34-52(57-54(56-51)38-14-5-2-6-15-38)41-17-11-16-39(30-41)35-22-24-36(25-23-35)40-26-27-45-43-18-7-9-20-47(43)55(49(45)31-40)48-21-10-8-19-44(48)46-33-53-42(28-29-58-53)32-50(46)55/h1-34H. The van der Waals surface area contributed by atoms with Crippen LogP contribution in [0.4, 0.5) is 0 Å². The summed E-state index contributed by atoms with van der Waals surface area (Å²) in [6.07, 6.45) is 1.80. The van der Waals surface area contributed by atoms with Crippen LogP contribution in [0.3, 0.4) is 0 Å². The van der Waals surface area contributed by atoms with Gasteiger partial charge in [0.15, 0.2) is 5.82 Å². The normalized spacial score (nSPS) is 14.6. The molecular formula is C55H34N2O. The third-order valence-corrected chi connectivity index (χ3v) is 12.2. The molecule has 58 heavy (non-hydrogen) atoms. The van der Waals surface area contributed by atoms with Crippen LogP contribution in [0.5, 0.6) is 0 Å². The number of rotatable bonds is 5. The van der Waals surface area contributed by atoms with Crippen molar-refractivity contribution in [3.63, 3.8) is 0 Å². The fraction of sp³-hybridized carbons (Fsp3) is 0.0182. The van der Waals surface area contributed by atoms with Crippen LogP contribution in [0.25, 0.3) is 89.4 Å². The van der Waals surface area contributed by atoms with Gasteiger partial charge in [-0.3, -0.25) is 0 Å². The minimum absolute atomic E-state index is 0.429. The Morgan fingerprint density at radius 1 is 0.328 bits per heavy atom. The number of aromatic nitrogens is 2. The zero-order chi connectivity index (χ0) is 38.2. The van der Waals surface area contributed by atoms with Crippen LogP contribution in [0.15, 0.2) is 211 Å². The van der Waals surface area contributed by atoms with Crippen LogP contribution in [-0.2, 0) is 5.41 Å². The molecule has 2 aromatic heterocycles. The lowest BCUT2D eigenvalue weighted by Crippen LogP contribution is -2.25. The Morgan fingerprint density at radius 3 is 1.59 bits per heavy atom. The zero-order valence-corrected chi connectivity index (χ0v) is 31.4. The van der Waals surface area contributed by atoms with Gasteiger partial charge in [-0.2, -0.15) is 0 Å². The summed E-state index contributed by atoms with van der Waals surface area (Å²) in [5, 5.41) is 1.13. The lowest BCUT2D eigenvalue weighted by atomic mass is 9.70. The van der Waals surface area contributed by atoms with Gasteiger partial charge in [0.2, 0.25) is 0 Å². The molecule has 0 radical (unpaired) electrons. The molecule has 2 aliphatic rings. The van der Waals surface area contributed by atoms with E-state index >= 15 is 0 Å². The molecule has 10 aromatic rings. The molecule has 0 amide bonds. The number of furan rings is 1. The van der Waals surface area contributed by atoms with Gasteiger partial charge in [-0.1, -0.05) is 164 Å². The van der Waals surface area contributed by atoms with Gasteiger partial charge in [0.05, 0.1) is 23.1 Å². The van der Waals surface area contributed by atoms with E-state index in [0.29, 0.717) is 5.82 Å². The number of hydrogen-bond donors (Lipinski definition) is 0. The van der Waals surface area contributed by atoms with Crippen molar-refractivity contribution < 1.29 is 4.42 Å². The first kappa shape index (κ1) is 32.6. The molecule has 2 aliphatic carbocycles. The van der Waals surface area contributed by atoms with Gasteiger partial charge in [-0.15, -0.1) is 0 Å². The van der Waals surface area contributed by atoms with Crippen LogP contribution >= 0.6 is 0 Å². The Balaban J connectivity index is 0.945. The number of fused-ring (bicyclic) bond motifs is 11. The van der Waals surface area contributed by atoms with E-state index in [-0.39, 0.29) is 0 Å². The first-order chi connectivity index (χ1) is 28.7. The van der Waals surface area contributed by atoms with Crippen molar-refractivity contribution in [3.05, 3.63) is 229 Å². The molecule has 0 aliphatic heterocycles. The van der Waals surface area contributed by atoms with Gasteiger partial charge in [0.25, 0.3) is 0 Å². The van der Waals surface area contributed by atoms with E-state index in [0.717, 1.165) is 50.2 Å². The average Bonchev–Trinajstić information content (AvgIpc) is 3.97. The highest BCUT2D eigenvalue weighted by Crippen LogP contribution is 2.63. The molecule has 12 rings (SSSR count). The molecule has 0 N–H and O–H groups in total. The van der Waals surface area contributed by atoms with Crippen molar-refractivity contribution in [3.8, 4) is 78.4 Å². The Bertz CT molecular complexity index is 3160. The van der Waals surface area contributed by atoms with Crippen LogP contribution in [0.1, 0.15) is 22.3 Å². The average molecular weight is 739 g/mol. The van der Waals surface area contributed by atoms with E-state index in [1.807, 2.05) is 24.3 Å². The molecule has 0 saturated carbocycles. The Labute approximate surface area is 336 Å². The molecule has 270 valence electrons. The molecule has 0 fully saturated rings. The first-order valence-corrected chi connectivity index (χ1v) is 19.8. The van der Waals surface area contributed by atoms with Gasteiger partial charge in [0, 0.05) is 22.1 Å². The first-order valence-electron chi connectivity index (χ1n) is 19.8. The monoisotopic (exact) mass is 738 g/mol. The van der Waals surface area contributed by atoms with Gasteiger partial charge in [-0.25, -0.2) is 9.97 Å². The van der Waals surface area contributed by atoms with Crippen LogP contribution < -0.4 is 0 Å². The van der Waals surface area contributed by atoms with E-state index in [4.69, 9.17) is 14.4 Å². The highest BCUT2D eigenvalue weighted by molar-refractivity contribution is 5.99. The maximum atomic E-state index is 5.93. The lowest BCUT2D eigenvalue weighted by Gasteiger charge is -2.30. The van der Waals surface area contributed by atoms with Crippen molar-refractivity contribution in [2.45, 2.75) is 5.41 Å². The minimum atomic E-state index is -0.429. The summed E-state index contributed by atoms with van der Waals surface area (Å²) in [4.78, 5) is 10.1. The Morgan fingerprint density at radius 2 is 0.862 bits per heavy atom. The van der Waals surface area contributed by atoms with Crippen LogP contribution in [0, 0.1) is 0 Å². The quantitative estimate of drug-likeness (QED) is 0.176. The number of benzene rings is 8. The minimum Gasteiger partial charge on any atom is -0.464 e. The number of nitrogens with zero attached hydrogens (tertiary/aromatic N) is 2. The van der Waals surface area contributed by atoms with Crippen molar-refractivity contribution in [2.75, 3.05) is 0 Å². The van der Waals surface area contributed by atoms with E-state index < -0.39 is 5.41 Å². The topological polar surface area (TPSA) is 38.9 Å². The maximum absolute atomic E-state index is 5.93. The van der Waals surface area contributed by atoms with Crippen LogP contribution in [0.2, 0.25) is 0 Å². The summed E-state index contributed by atoms with van der Waals surface area (Å²) < 4.78 is 5.93. The lowest BCUT2D eigenvalue weighted by molar-refractivity contribution is 0.616. The van der Waals surface area contributed by atoms with E-state index in [1.54, 1.807) is 6.26 Å². The van der Waals surface area contributed by atoms with Crippen molar-refractivity contribution >= 4 is 11.0 Å². The summed E-state index contributed by atoms with van der Waals surface area (Å²) in [6.45, 7) is 0. The highest BCUT2D eigenvalue weighted by atomic mass is 16.3. The molecular weight excluding hydrogens is 705 g/mol. The largest absolute Gasteiger partial charge is 0.464 e. The smallest absolute Gasteiger partial charge is 0.160 e. The summed E-state index contributed by atoms with van der Waals surface area (Å²) in [5.41, 5.74) is 20.5. The van der Waals surface area contributed by atoms with E-state index in [2.05, 4.69) is 176 Å². The third-order valence-electron chi connectivity index (χ3n) is 12.2. The van der Waals surface area contributed by atoms with E-state index in [9.17, 15) is 0 Å². The third kappa shape index (κ3) is 4.87. The fourth-order valence-corrected chi connectivity index (χ4v) is 9.55. The predicted octanol–water partition coefficient (Wildman–Crippen LogP) is 13.9. The Hall–Kier alpha value is -7.62. The zero-order valence-electron chi connectivity index (χ0n) is 31.4. The molecule has 1 unspecified atom stereocenters. The van der Waals surface area contributed by atoms with Gasteiger partial charge < -0.3 is 4.42 Å². The molecule has 0 saturated heterocycles. The van der Waals surface area contributed by atoms with Crippen molar-refractivity contribution in [1.29, 1.82) is 0 Å². The second-order valence-electron chi connectivity index (χ2n) is 15.3. The van der Waals surface area contributed by atoms with Crippen molar-refractivity contribution in [1.82, 2.24) is 9.97 Å².